The van der Waals surface area contributed by atoms with Crippen LogP contribution in [0.15, 0.2) is 73.1 Å². The smallest absolute Gasteiger partial charge is 0.0731 e. The quantitative estimate of drug-likeness (QED) is 0.468. The highest BCUT2D eigenvalue weighted by molar-refractivity contribution is 5.75. The van der Waals surface area contributed by atoms with E-state index in [-0.39, 0.29) is 0 Å². The molecule has 0 N–H and O–H groups in total. The van der Waals surface area contributed by atoms with E-state index in [0.29, 0.717) is 0 Å². The van der Waals surface area contributed by atoms with E-state index in [4.69, 9.17) is 4.98 Å². The fraction of sp³-hybridized carbons (Fsp3) is 0.125. The molecule has 0 amide bonds. The van der Waals surface area contributed by atoms with Gasteiger partial charge in [0.2, 0.25) is 0 Å². The lowest BCUT2D eigenvalue weighted by molar-refractivity contribution is 1.19. The SMILES string of the molecule is Cc1ccc(-c2cc(-c3ccc(C)cn3)cc(-c3ccc(C)nc3)n2)cc1. The maximum absolute atomic E-state index is 4.91. The van der Waals surface area contributed by atoms with Gasteiger partial charge in [0.15, 0.2) is 0 Å². The molecule has 0 saturated carbocycles. The first-order valence-electron chi connectivity index (χ1n) is 9.04. The molecular weight excluding hydrogens is 330 g/mol. The van der Waals surface area contributed by atoms with E-state index in [0.717, 1.165) is 45.0 Å². The summed E-state index contributed by atoms with van der Waals surface area (Å²) in [4.78, 5) is 13.9. The maximum atomic E-state index is 4.91. The molecular formula is C24H21N3. The molecule has 3 heteroatoms. The third-order valence-electron chi connectivity index (χ3n) is 4.59. The lowest BCUT2D eigenvalue weighted by atomic mass is 10.0. The summed E-state index contributed by atoms with van der Waals surface area (Å²) >= 11 is 0. The third kappa shape index (κ3) is 3.77. The van der Waals surface area contributed by atoms with Crippen LogP contribution in [0.4, 0.5) is 0 Å². The number of hydrogen-bond donors (Lipinski definition) is 0. The van der Waals surface area contributed by atoms with E-state index >= 15 is 0 Å². The number of pyridine rings is 3. The Labute approximate surface area is 159 Å². The minimum absolute atomic E-state index is 0.901. The molecule has 0 spiro atoms. The van der Waals surface area contributed by atoms with E-state index in [9.17, 15) is 0 Å². The van der Waals surface area contributed by atoms with Crippen LogP contribution in [0, 0.1) is 20.8 Å². The van der Waals surface area contributed by atoms with Crippen molar-refractivity contribution < 1.29 is 0 Å². The van der Waals surface area contributed by atoms with Crippen LogP contribution in [-0.2, 0) is 0 Å². The molecule has 0 fully saturated rings. The number of aryl methyl sites for hydroxylation is 3. The van der Waals surface area contributed by atoms with Gasteiger partial charge in [-0.15, -0.1) is 0 Å². The molecule has 0 aliphatic heterocycles. The molecule has 1 aromatic carbocycles. The molecule has 3 heterocycles. The summed E-state index contributed by atoms with van der Waals surface area (Å²) < 4.78 is 0. The summed E-state index contributed by atoms with van der Waals surface area (Å²) in [6.07, 6.45) is 3.78. The van der Waals surface area contributed by atoms with Crippen LogP contribution in [0.5, 0.6) is 0 Å². The van der Waals surface area contributed by atoms with Crippen molar-refractivity contribution in [2.45, 2.75) is 20.8 Å². The summed E-state index contributed by atoms with van der Waals surface area (Å²) in [6, 6.07) is 20.9. The van der Waals surface area contributed by atoms with Crippen molar-refractivity contribution in [2.75, 3.05) is 0 Å². The zero-order valence-electron chi connectivity index (χ0n) is 15.8. The van der Waals surface area contributed by atoms with Gasteiger partial charge in [0, 0.05) is 34.8 Å². The van der Waals surface area contributed by atoms with Crippen molar-refractivity contribution in [2.24, 2.45) is 0 Å². The van der Waals surface area contributed by atoms with Crippen molar-refractivity contribution in [1.82, 2.24) is 15.0 Å². The van der Waals surface area contributed by atoms with Gasteiger partial charge in [-0.2, -0.15) is 0 Å². The molecule has 0 saturated heterocycles. The predicted octanol–water partition coefficient (Wildman–Crippen LogP) is 5.80. The lowest BCUT2D eigenvalue weighted by Crippen LogP contribution is -1.93. The molecule has 0 aliphatic rings. The van der Waals surface area contributed by atoms with Gasteiger partial charge in [-0.3, -0.25) is 9.97 Å². The van der Waals surface area contributed by atoms with Crippen LogP contribution in [0.2, 0.25) is 0 Å². The molecule has 27 heavy (non-hydrogen) atoms. The molecule has 0 radical (unpaired) electrons. The Kier molecular flexibility index (Phi) is 4.51. The second-order valence-electron chi connectivity index (χ2n) is 6.90. The van der Waals surface area contributed by atoms with E-state index in [1.54, 1.807) is 0 Å². The van der Waals surface area contributed by atoms with Crippen LogP contribution >= 0.6 is 0 Å². The largest absolute Gasteiger partial charge is 0.261 e. The number of rotatable bonds is 3. The van der Waals surface area contributed by atoms with Crippen LogP contribution < -0.4 is 0 Å². The van der Waals surface area contributed by atoms with Crippen LogP contribution in [0.3, 0.4) is 0 Å². The number of benzene rings is 1. The monoisotopic (exact) mass is 351 g/mol. The summed E-state index contributed by atoms with van der Waals surface area (Å²) in [5, 5.41) is 0. The third-order valence-corrected chi connectivity index (χ3v) is 4.59. The van der Waals surface area contributed by atoms with Crippen molar-refractivity contribution in [3.8, 4) is 33.8 Å². The fourth-order valence-electron chi connectivity index (χ4n) is 2.96. The summed E-state index contributed by atoms with van der Waals surface area (Å²) in [5.41, 5.74) is 9.30. The first kappa shape index (κ1) is 17.1. The summed E-state index contributed by atoms with van der Waals surface area (Å²) in [5.74, 6) is 0. The maximum Gasteiger partial charge on any atom is 0.0731 e. The van der Waals surface area contributed by atoms with Gasteiger partial charge < -0.3 is 0 Å². The van der Waals surface area contributed by atoms with Crippen molar-refractivity contribution >= 4 is 0 Å². The van der Waals surface area contributed by atoms with E-state index in [1.165, 1.54) is 5.56 Å². The highest BCUT2D eigenvalue weighted by Crippen LogP contribution is 2.29. The number of hydrogen-bond acceptors (Lipinski definition) is 3. The van der Waals surface area contributed by atoms with Crippen molar-refractivity contribution in [1.29, 1.82) is 0 Å². The van der Waals surface area contributed by atoms with Crippen molar-refractivity contribution in [3.05, 3.63) is 89.9 Å². The van der Waals surface area contributed by atoms with Gasteiger partial charge in [-0.1, -0.05) is 35.9 Å². The molecule has 0 aliphatic carbocycles. The Morgan fingerprint density at radius 1 is 0.519 bits per heavy atom. The normalized spacial score (nSPS) is 10.8. The summed E-state index contributed by atoms with van der Waals surface area (Å²) in [6.45, 7) is 6.12. The Balaban J connectivity index is 1.89. The molecule has 0 atom stereocenters. The molecule has 0 bridgehead atoms. The van der Waals surface area contributed by atoms with Gasteiger partial charge in [0.05, 0.1) is 17.1 Å². The van der Waals surface area contributed by atoms with E-state index in [1.807, 2.05) is 32.3 Å². The molecule has 0 unspecified atom stereocenters. The predicted molar refractivity (Wildman–Crippen MR) is 110 cm³/mol. The van der Waals surface area contributed by atoms with E-state index < -0.39 is 0 Å². The van der Waals surface area contributed by atoms with Crippen molar-refractivity contribution in [3.63, 3.8) is 0 Å². The highest BCUT2D eigenvalue weighted by atomic mass is 14.7. The molecule has 4 aromatic rings. The topological polar surface area (TPSA) is 38.7 Å². The van der Waals surface area contributed by atoms with Gasteiger partial charge in [0.1, 0.15) is 0 Å². The van der Waals surface area contributed by atoms with Gasteiger partial charge in [-0.25, -0.2) is 4.98 Å². The fourth-order valence-corrected chi connectivity index (χ4v) is 2.96. The van der Waals surface area contributed by atoms with Crippen LogP contribution in [0.25, 0.3) is 33.8 Å². The zero-order chi connectivity index (χ0) is 18.8. The first-order valence-corrected chi connectivity index (χ1v) is 9.04. The van der Waals surface area contributed by atoms with E-state index in [2.05, 4.69) is 71.5 Å². The van der Waals surface area contributed by atoms with Gasteiger partial charge in [-0.05, 0) is 56.7 Å². The standard InChI is InChI=1S/C24H21N3/c1-16-4-8-19(9-5-16)23-12-21(22-11-6-17(2)14-26-22)13-24(27-23)20-10-7-18(3)25-15-20/h4-15H,1-3H3. The Morgan fingerprint density at radius 2 is 1.19 bits per heavy atom. The van der Waals surface area contributed by atoms with Gasteiger partial charge in [0.25, 0.3) is 0 Å². The highest BCUT2D eigenvalue weighted by Gasteiger charge is 2.10. The molecule has 132 valence electrons. The average molecular weight is 351 g/mol. The number of aromatic nitrogens is 3. The second-order valence-corrected chi connectivity index (χ2v) is 6.90. The Hall–Kier alpha value is -3.33. The Bertz CT molecular complexity index is 910. The summed E-state index contributed by atoms with van der Waals surface area (Å²) in [7, 11) is 0. The molecule has 3 aromatic heterocycles. The molecule has 4 rings (SSSR count). The lowest BCUT2D eigenvalue weighted by Gasteiger charge is -2.10. The Morgan fingerprint density at radius 3 is 1.81 bits per heavy atom. The zero-order valence-corrected chi connectivity index (χ0v) is 15.8. The second kappa shape index (κ2) is 7.12. The minimum atomic E-state index is 0.901. The average Bonchev–Trinajstić information content (AvgIpc) is 2.69. The first-order chi connectivity index (χ1) is 13.1. The van der Waals surface area contributed by atoms with Gasteiger partial charge >= 0.3 is 0 Å². The molecule has 3 nitrogen and oxygen atoms in total. The number of nitrogens with zero attached hydrogens (tertiary/aromatic N) is 3. The van der Waals surface area contributed by atoms with Crippen LogP contribution in [0.1, 0.15) is 16.8 Å². The van der Waals surface area contributed by atoms with Crippen LogP contribution in [-0.4, -0.2) is 15.0 Å². The minimum Gasteiger partial charge on any atom is -0.261 e.